The van der Waals surface area contributed by atoms with Gasteiger partial charge < -0.3 is 10.1 Å². The van der Waals surface area contributed by atoms with Crippen molar-refractivity contribution in [2.24, 2.45) is 0 Å². The van der Waals surface area contributed by atoms with Crippen LogP contribution in [0, 0.1) is 11.8 Å². The first-order valence-electron chi connectivity index (χ1n) is 10.1. The molecule has 0 saturated heterocycles. The van der Waals surface area contributed by atoms with E-state index in [4.69, 9.17) is 4.74 Å². The van der Waals surface area contributed by atoms with Gasteiger partial charge in [-0.2, -0.15) is 0 Å². The van der Waals surface area contributed by atoms with E-state index >= 15 is 0 Å². The Morgan fingerprint density at radius 2 is 1.70 bits per heavy atom. The van der Waals surface area contributed by atoms with Crippen LogP contribution in [0.4, 0.5) is 4.79 Å². The predicted octanol–water partition coefficient (Wildman–Crippen LogP) is 5.40. The highest BCUT2D eigenvalue weighted by Gasteiger charge is 2.11. The molecular weight excluding hydrogens is 338 g/mol. The summed E-state index contributed by atoms with van der Waals surface area (Å²) < 4.78 is 5.14. The molecule has 1 amide bonds. The normalized spacial score (nSPS) is 11.2. The van der Waals surface area contributed by atoms with Gasteiger partial charge in [0.15, 0.2) is 0 Å². The second kappa shape index (κ2) is 14.8. The van der Waals surface area contributed by atoms with Crippen molar-refractivity contribution in [2.75, 3.05) is 0 Å². The maximum absolute atomic E-state index is 11.9. The summed E-state index contributed by atoms with van der Waals surface area (Å²) in [5.74, 6) is 5.48. The first kappa shape index (κ1) is 22.8. The summed E-state index contributed by atoms with van der Waals surface area (Å²) in [5.41, 5.74) is 0.924. The van der Waals surface area contributed by atoms with Gasteiger partial charge in [-0.1, -0.05) is 81.7 Å². The molecule has 0 spiro atoms. The van der Waals surface area contributed by atoms with E-state index in [0.717, 1.165) is 18.4 Å². The molecule has 1 aromatic rings. The van der Waals surface area contributed by atoms with Crippen molar-refractivity contribution in [2.45, 2.75) is 84.3 Å². The van der Waals surface area contributed by atoms with Gasteiger partial charge in [-0.05, 0) is 24.8 Å². The summed E-state index contributed by atoms with van der Waals surface area (Å²) in [6, 6.07) is 9.17. The fourth-order valence-electron chi connectivity index (χ4n) is 2.68. The third-order valence-corrected chi connectivity index (χ3v) is 4.20. The number of unbranched alkanes of at least 4 members (excludes halogenated alkanes) is 7. The highest BCUT2D eigenvalue weighted by Crippen LogP contribution is 2.08. The van der Waals surface area contributed by atoms with Gasteiger partial charge in [-0.15, -0.1) is 0 Å². The molecule has 0 radical (unpaired) electrons. The molecule has 27 heavy (non-hydrogen) atoms. The smallest absolute Gasteiger partial charge is 0.407 e. The Morgan fingerprint density at radius 1 is 1.04 bits per heavy atom. The summed E-state index contributed by atoms with van der Waals surface area (Å²) in [7, 11) is 0. The number of ketones is 1. The predicted molar refractivity (Wildman–Crippen MR) is 109 cm³/mol. The molecule has 1 N–H and O–H groups in total. The van der Waals surface area contributed by atoms with E-state index in [2.05, 4.69) is 24.1 Å². The van der Waals surface area contributed by atoms with Crippen LogP contribution in [-0.4, -0.2) is 17.9 Å². The largest absolute Gasteiger partial charge is 0.445 e. The van der Waals surface area contributed by atoms with Gasteiger partial charge in [-0.3, -0.25) is 4.79 Å². The average molecular weight is 372 g/mol. The number of nitrogens with one attached hydrogen (secondary N) is 1. The number of carbonyl (C=O) groups excluding carboxylic acids is 2. The fraction of sp³-hybridized carbons (Fsp3) is 0.565. The number of alkyl carbamates (subject to hydrolysis) is 1. The van der Waals surface area contributed by atoms with Crippen molar-refractivity contribution < 1.29 is 14.3 Å². The minimum absolute atomic E-state index is 0.145. The molecule has 0 heterocycles. The Hall–Kier alpha value is -2.28. The van der Waals surface area contributed by atoms with Crippen LogP contribution in [0.1, 0.15) is 77.2 Å². The van der Waals surface area contributed by atoms with Gasteiger partial charge in [-0.25, -0.2) is 4.79 Å². The monoisotopic (exact) mass is 371 g/mol. The van der Waals surface area contributed by atoms with Crippen LogP contribution in [0.3, 0.4) is 0 Å². The zero-order chi connectivity index (χ0) is 19.7. The third kappa shape index (κ3) is 12.7. The summed E-state index contributed by atoms with van der Waals surface area (Å²) in [4.78, 5) is 23.6. The Balaban J connectivity index is 2.10. The molecule has 0 unspecified atom stereocenters. The van der Waals surface area contributed by atoms with Crippen molar-refractivity contribution in [3.8, 4) is 11.8 Å². The van der Waals surface area contributed by atoms with Gasteiger partial charge in [0.1, 0.15) is 6.61 Å². The Morgan fingerprint density at radius 3 is 2.41 bits per heavy atom. The Labute approximate surface area is 164 Å². The molecule has 148 valence electrons. The SMILES string of the molecule is CCCCCCCCCC#CC(=O)C[C@H](C)NC(=O)OCc1ccccc1. The van der Waals surface area contributed by atoms with E-state index in [1.54, 1.807) is 6.92 Å². The molecule has 4 heteroatoms. The Kier molecular flexibility index (Phi) is 12.5. The highest BCUT2D eigenvalue weighted by molar-refractivity contribution is 5.96. The Bertz CT molecular complexity index is 601. The van der Waals surface area contributed by atoms with Crippen molar-refractivity contribution in [1.82, 2.24) is 5.32 Å². The second-order valence-electron chi connectivity index (χ2n) is 6.91. The number of rotatable bonds is 12. The van der Waals surface area contributed by atoms with E-state index in [9.17, 15) is 9.59 Å². The molecule has 0 saturated carbocycles. The number of ether oxygens (including phenoxy) is 1. The lowest BCUT2D eigenvalue weighted by atomic mass is 10.1. The first-order chi connectivity index (χ1) is 13.1. The van der Waals surface area contributed by atoms with Crippen LogP contribution in [0.5, 0.6) is 0 Å². The number of hydrogen-bond acceptors (Lipinski definition) is 3. The summed E-state index contributed by atoms with van der Waals surface area (Å²) in [6.45, 7) is 4.21. The van der Waals surface area contributed by atoms with Crippen LogP contribution < -0.4 is 5.32 Å². The lowest BCUT2D eigenvalue weighted by Crippen LogP contribution is -2.34. The van der Waals surface area contributed by atoms with E-state index in [1.165, 1.54) is 38.5 Å². The summed E-state index contributed by atoms with van der Waals surface area (Å²) in [6.07, 6.45) is 9.13. The van der Waals surface area contributed by atoms with E-state index in [-0.39, 0.29) is 24.9 Å². The molecule has 0 aliphatic heterocycles. The molecule has 0 fully saturated rings. The third-order valence-electron chi connectivity index (χ3n) is 4.20. The van der Waals surface area contributed by atoms with Gasteiger partial charge in [0.05, 0.1) is 0 Å². The minimum Gasteiger partial charge on any atom is -0.445 e. The zero-order valence-electron chi connectivity index (χ0n) is 16.8. The molecule has 1 aromatic carbocycles. The van der Waals surface area contributed by atoms with Crippen LogP contribution in [0.25, 0.3) is 0 Å². The summed E-state index contributed by atoms with van der Waals surface area (Å²) >= 11 is 0. The van der Waals surface area contributed by atoms with Gasteiger partial charge in [0.2, 0.25) is 5.78 Å². The first-order valence-corrected chi connectivity index (χ1v) is 10.1. The molecule has 0 bridgehead atoms. The van der Waals surface area contributed by atoms with Crippen LogP contribution in [0.15, 0.2) is 30.3 Å². The van der Waals surface area contributed by atoms with Crippen molar-refractivity contribution in [3.63, 3.8) is 0 Å². The van der Waals surface area contributed by atoms with Crippen molar-refractivity contribution >= 4 is 11.9 Å². The molecule has 1 atom stereocenters. The standard InChI is InChI=1S/C23H33NO3/c1-3-4-5-6-7-8-9-10-14-17-22(25)18-20(2)24-23(26)27-19-21-15-12-11-13-16-21/h11-13,15-16,20H,3-10,18-19H2,1-2H3,(H,24,26)/t20-/m0/s1. The number of carbonyl (C=O) groups is 2. The number of amides is 1. The van der Waals surface area contributed by atoms with E-state index in [1.807, 2.05) is 30.3 Å². The lowest BCUT2D eigenvalue weighted by Gasteiger charge is -2.12. The van der Waals surface area contributed by atoms with Crippen LogP contribution in [0.2, 0.25) is 0 Å². The van der Waals surface area contributed by atoms with Gasteiger partial charge in [0, 0.05) is 18.9 Å². The molecule has 0 aliphatic rings. The van der Waals surface area contributed by atoms with Crippen LogP contribution in [-0.2, 0) is 16.1 Å². The number of Topliss-reactive ketones (excluding diaryl/α,β-unsaturated/α-hetero) is 1. The quantitative estimate of drug-likeness (QED) is 0.304. The van der Waals surface area contributed by atoms with Crippen molar-refractivity contribution in [3.05, 3.63) is 35.9 Å². The topological polar surface area (TPSA) is 55.4 Å². The maximum Gasteiger partial charge on any atom is 0.407 e. The fourth-order valence-corrected chi connectivity index (χ4v) is 2.68. The van der Waals surface area contributed by atoms with Gasteiger partial charge >= 0.3 is 6.09 Å². The zero-order valence-corrected chi connectivity index (χ0v) is 16.8. The summed E-state index contributed by atoms with van der Waals surface area (Å²) in [5, 5.41) is 2.67. The minimum atomic E-state index is -0.518. The second-order valence-corrected chi connectivity index (χ2v) is 6.91. The highest BCUT2D eigenvalue weighted by atomic mass is 16.5. The van der Waals surface area contributed by atoms with Gasteiger partial charge in [0.25, 0.3) is 0 Å². The van der Waals surface area contributed by atoms with E-state index < -0.39 is 6.09 Å². The lowest BCUT2D eigenvalue weighted by molar-refractivity contribution is -0.114. The van der Waals surface area contributed by atoms with E-state index in [0.29, 0.717) is 0 Å². The molecule has 0 aliphatic carbocycles. The molecule has 1 rings (SSSR count). The molecular formula is C23H33NO3. The maximum atomic E-state index is 11.9. The van der Waals surface area contributed by atoms with Crippen molar-refractivity contribution in [1.29, 1.82) is 0 Å². The molecule has 4 nitrogen and oxygen atoms in total. The van der Waals surface area contributed by atoms with Crippen LogP contribution >= 0.6 is 0 Å². The number of hydrogen-bond donors (Lipinski definition) is 1. The number of benzene rings is 1. The average Bonchev–Trinajstić information content (AvgIpc) is 2.65. The molecule has 0 aromatic heterocycles.